The fourth-order valence-corrected chi connectivity index (χ4v) is 4.49. The van der Waals surface area contributed by atoms with Gasteiger partial charge in [0.15, 0.2) is 6.61 Å². The molecule has 7 heteroatoms. The highest BCUT2D eigenvalue weighted by molar-refractivity contribution is 7.16. The van der Waals surface area contributed by atoms with Gasteiger partial charge < -0.3 is 14.5 Å². The second-order valence-electron chi connectivity index (χ2n) is 6.37. The average molecular weight is 372 g/mol. The van der Waals surface area contributed by atoms with Crippen molar-refractivity contribution in [2.45, 2.75) is 46.5 Å². The Kier molecular flexibility index (Phi) is 5.14. The van der Waals surface area contributed by atoms with Crippen molar-refractivity contribution in [1.29, 1.82) is 5.26 Å². The quantitative estimate of drug-likeness (QED) is 0.824. The van der Waals surface area contributed by atoms with Crippen molar-refractivity contribution in [3.05, 3.63) is 38.7 Å². The smallest absolute Gasteiger partial charge is 0.342 e. The Bertz CT molecular complexity index is 917. The molecule has 0 fully saturated rings. The van der Waals surface area contributed by atoms with Gasteiger partial charge >= 0.3 is 5.97 Å². The lowest BCUT2D eigenvalue weighted by molar-refractivity contribution is -0.119. The maximum atomic E-state index is 12.2. The molecule has 26 heavy (non-hydrogen) atoms. The fourth-order valence-electron chi connectivity index (χ4n) is 3.23. The number of esters is 1. The van der Waals surface area contributed by atoms with Crippen LogP contribution in [-0.2, 0) is 22.4 Å². The van der Waals surface area contributed by atoms with Crippen LogP contribution in [0, 0.1) is 32.1 Å². The molecule has 0 saturated carbocycles. The number of carbonyl (C=O) groups is 2. The summed E-state index contributed by atoms with van der Waals surface area (Å²) in [5.41, 5.74) is 2.67. The van der Waals surface area contributed by atoms with Crippen LogP contribution in [0.2, 0.25) is 0 Å². The van der Waals surface area contributed by atoms with Gasteiger partial charge in [0, 0.05) is 10.4 Å². The molecule has 6 nitrogen and oxygen atoms in total. The van der Waals surface area contributed by atoms with Crippen molar-refractivity contribution in [3.63, 3.8) is 0 Å². The summed E-state index contributed by atoms with van der Waals surface area (Å²) in [6.07, 6.45) is 3.98. The number of nitriles is 1. The lowest BCUT2D eigenvalue weighted by Gasteiger charge is -2.09. The van der Waals surface area contributed by atoms with Gasteiger partial charge in [-0.3, -0.25) is 4.79 Å². The van der Waals surface area contributed by atoms with E-state index in [1.54, 1.807) is 20.8 Å². The number of nitrogens with one attached hydrogen (secondary N) is 1. The number of amides is 1. The molecule has 1 N–H and O–H groups in total. The number of hydrogen-bond donors (Lipinski definition) is 1. The molecule has 1 aliphatic rings. The fraction of sp³-hybridized carbons (Fsp3) is 0.421. The molecule has 2 heterocycles. The zero-order chi connectivity index (χ0) is 18.8. The van der Waals surface area contributed by atoms with E-state index >= 15 is 0 Å². The summed E-state index contributed by atoms with van der Waals surface area (Å²) in [6.45, 7) is 4.83. The number of nitrogens with zero attached hydrogens (tertiary/aromatic N) is 1. The predicted molar refractivity (Wildman–Crippen MR) is 97.5 cm³/mol. The Labute approximate surface area is 155 Å². The van der Waals surface area contributed by atoms with Gasteiger partial charge in [0.1, 0.15) is 28.2 Å². The van der Waals surface area contributed by atoms with Gasteiger partial charge in [-0.25, -0.2) is 4.79 Å². The summed E-state index contributed by atoms with van der Waals surface area (Å²) in [6, 6.07) is 2.19. The largest absolute Gasteiger partial charge is 0.465 e. The standard InChI is InChI=1S/C19H20N2O4S/c1-10-11(2)25-12(3)17(10)19(23)24-9-16(22)21-18-14(8-20)13-6-4-5-7-15(13)26-18/h4-7,9H2,1-3H3,(H,21,22). The third kappa shape index (κ3) is 3.37. The van der Waals surface area contributed by atoms with Gasteiger partial charge in [-0.1, -0.05) is 0 Å². The van der Waals surface area contributed by atoms with E-state index in [1.807, 2.05) is 0 Å². The van der Waals surface area contributed by atoms with E-state index in [1.165, 1.54) is 16.2 Å². The maximum absolute atomic E-state index is 12.2. The van der Waals surface area contributed by atoms with Crippen LogP contribution in [-0.4, -0.2) is 18.5 Å². The van der Waals surface area contributed by atoms with Crippen LogP contribution in [0.3, 0.4) is 0 Å². The number of hydrogen-bond acceptors (Lipinski definition) is 6. The molecule has 0 spiro atoms. The van der Waals surface area contributed by atoms with Crippen LogP contribution < -0.4 is 5.32 Å². The molecule has 2 aromatic rings. The number of fused-ring (bicyclic) bond motifs is 1. The van der Waals surface area contributed by atoms with E-state index in [9.17, 15) is 14.9 Å². The van der Waals surface area contributed by atoms with Crippen molar-refractivity contribution in [2.24, 2.45) is 0 Å². The molecular weight excluding hydrogens is 352 g/mol. The number of ether oxygens (including phenoxy) is 1. The Balaban J connectivity index is 1.66. The van der Waals surface area contributed by atoms with Crippen LogP contribution in [0.1, 0.15) is 56.3 Å². The lowest BCUT2D eigenvalue weighted by atomic mass is 9.96. The lowest BCUT2D eigenvalue weighted by Crippen LogP contribution is -2.21. The Morgan fingerprint density at radius 3 is 2.62 bits per heavy atom. The molecule has 0 bridgehead atoms. The van der Waals surface area contributed by atoms with E-state index in [0.29, 0.717) is 33.2 Å². The molecule has 0 saturated heterocycles. The molecule has 0 aliphatic heterocycles. The molecule has 3 rings (SSSR count). The normalized spacial score (nSPS) is 13.0. The predicted octanol–water partition coefficient (Wildman–Crippen LogP) is 3.81. The van der Waals surface area contributed by atoms with Crippen LogP contribution >= 0.6 is 11.3 Å². The summed E-state index contributed by atoms with van der Waals surface area (Å²) < 4.78 is 10.5. The van der Waals surface area contributed by atoms with Crippen molar-refractivity contribution in [1.82, 2.24) is 0 Å². The number of furan rings is 1. The van der Waals surface area contributed by atoms with E-state index in [0.717, 1.165) is 31.2 Å². The Hall–Kier alpha value is -2.59. The first-order valence-corrected chi connectivity index (χ1v) is 9.32. The van der Waals surface area contributed by atoms with Gasteiger partial charge in [-0.2, -0.15) is 5.26 Å². The van der Waals surface area contributed by atoms with Crippen LogP contribution in [0.5, 0.6) is 0 Å². The van der Waals surface area contributed by atoms with E-state index in [-0.39, 0.29) is 0 Å². The molecule has 0 aromatic carbocycles. The SMILES string of the molecule is Cc1oc(C)c(C(=O)OCC(=O)Nc2sc3c(c2C#N)CCCC3)c1C. The van der Waals surface area contributed by atoms with Crippen molar-refractivity contribution >= 4 is 28.2 Å². The van der Waals surface area contributed by atoms with Crippen molar-refractivity contribution in [3.8, 4) is 6.07 Å². The number of thiophene rings is 1. The molecule has 1 aliphatic carbocycles. The van der Waals surface area contributed by atoms with Gasteiger partial charge in [-0.15, -0.1) is 11.3 Å². The van der Waals surface area contributed by atoms with E-state index in [4.69, 9.17) is 9.15 Å². The summed E-state index contributed by atoms with van der Waals surface area (Å²) >= 11 is 1.44. The number of aryl methyl sites for hydroxylation is 3. The van der Waals surface area contributed by atoms with E-state index in [2.05, 4.69) is 11.4 Å². The van der Waals surface area contributed by atoms with Gasteiger partial charge in [-0.05, 0) is 52.0 Å². The second-order valence-corrected chi connectivity index (χ2v) is 7.47. The summed E-state index contributed by atoms with van der Waals surface area (Å²) in [5.74, 6) is 0.0896. The molecule has 136 valence electrons. The molecule has 0 atom stereocenters. The number of carbonyl (C=O) groups excluding carboxylic acids is 2. The number of anilines is 1. The number of rotatable bonds is 4. The highest BCUT2D eigenvalue weighted by Gasteiger charge is 2.23. The van der Waals surface area contributed by atoms with Gasteiger partial charge in [0.25, 0.3) is 5.91 Å². The van der Waals surface area contributed by atoms with Crippen molar-refractivity contribution < 1.29 is 18.7 Å². The van der Waals surface area contributed by atoms with Crippen molar-refractivity contribution in [2.75, 3.05) is 11.9 Å². The first-order valence-electron chi connectivity index (χ1n) is 8.50. The Morgan fingerprint density at radius 2 is 1.96 bits per heavy atom. The zero-order valence-electron chi connectivity index (χ0n) is 15.0. The van der Waals surface area contributed by atoms with Crippen LogP contribution in [0.4, 0.5) is 5.00 Å². The first kappa shape index (κ1) is 18.2. The Morgan fingerprint density at radius 1 is 1.23 bits per heavy atom. The van der Waals surface area contributed by atoms with Crippen LogP contribution in [0.15, 0.2) is 4.42 Å². The zero-order valence-corrected chi connectivity index (χ0v) is 15.8. The molecule has 0 radical (unpaired) electrons. The molecular formula is C19H20N2O4S. The second kappa shape index (κ2) is 7.34. The third-order valence-corrected chi connectivity index (χ3v) is 5.84. The highest BCUT2D eigenvalue weighted by atomic mass is 32.1. The highest BCUT2D eigenvalue weighted by Crippen LogP contribution is 2.37. The van der Waals surface area contributed by atoms with Crippen LogP contribution in [0.25, 0.3) is 0 Å². The average Bonchev–Trinajstić information content (AvgIpc) is 3.08. The summed E-state index contributed by atoms with van der Waals surface area (Å²) in [5, 5.41) is 12.7. The third-order valence-electron chi connectivity index (χ3n) is 4.64. The monoisotopic (exact) mass is 372 g/mol. The summed E-state index contributed by atoms with van der Waals surface area (Å²) in [4.78, 5) is 25.6. The minimum absolute atomic E-state index is 0.361. The minimum atomic E-state index is -0.585. The molecule has 2 aromatic heterocycles. The molecule has 0 unspecified atom stereocenters. The van der Waals surface area contributed by atoms with E-state index < -0.39 is 18.5 Å². The topological polar surface area (TPSA) is 92.3 Å². The summed E-state index contributed by atoms with van der Waals surface area (Å²) in [7, 11) is 0. The minimum Gasteiger partial charge on any atom is -0.465 e. The van der Waals surface area contributed by atoms with Gasteiger partial charge in [0.05, 0.1) is 5.56 Å². The molecule has 1 amide bonds. The maximum Gasteiger partial charge on any atom is 0.342 e. The van der Waals surface area contributed by atoms with Gasteiger partial charge in [0.2, 0.25) is 0 Å². The first-order chi connectivity index (χ1) is 12.4.